The van der Waals surface area contributed by atoms with Crippen LogP contribution in [0.25, 0.3) is 10.2 Å². The number of unbranched alkanes of at least 4 members (excludes halogenated alkanes) is 1. The fourth-order valence-corrected chi connectivity index (χ4v) is 2.16. The first kappa shape index (κ1) is 11.1. The molecule has 2 aromatic rings. The van der Waals surface area contributed by atoms with Crippen LogP contribution >= 0.6 is 11.3 Å². The largest absolute Gasteiger partial charge is 0.470 e. The van der Waals surface area contributed by atoms with Gasteiger partial charge in [-0.1, -0.05) is 24.7 Å². The highest BCUT2D eigenvalue weighted by molar-refractivity contribution is 7.20. The molecule has 0 spiro atoms. The Labute approximate surface area is 97.1 Å². The van der Waals surface area contributed by atoms with Crippen molar-refractivity contribution in [1.82, 2.24) is 4.98 Å². The summed E-state index contributed by atoms with van der Waals surface area (Å²) < 4.78 is 19.4. The molecular formula is C11H13FN2OS. The molecule has 0 amide bonds. The van der Waals surface area contributed by atoms with Gasteiger partial charge in [0.1, 0.15) is 5.82 Å². The Morgan fingerprint density at radius 1 is 1.50 bits per heavy atom. The second-order valence-electron chi connectivity index (χ2n) is 3.52. The minimum Gasteiger partial charge on any atom is -0.470 e. The van der Waals surface area contributed by atoms with Crippen molar-refractivity contribution in [3.63, 3.8) is 0 Å². The van der Waals surface area contributed by atoms with E-state index in [4.69, 9.17) is 10.5 Å². The number of fused-ring (bicyclic) bond motifs is 1. The molecule has 0 aliphatic carbocycles. The Balaban J connectivity index is 2.23. The predicted octanol–water partition coefficient (Wildman–Crippen LogP) is 3.20. The number of nitrogen functional groups attached to an aromatic ring is 1. The highest BCUT2D eigenvalue weighted by Crippen LogP contribution is 2.30. The third kappa shape index (κ3) is 2.24. The zero-order valence-corrected chi connectivity index (χ0v) is 9.81. The number of nitrogens with two attached hydrogens (primary N) is 1. The van der Waals surface area contributed by atoms with E-state index >= 15 is 0 Å². The number of halogens is 1. The Morgan fingerprint density at radius 3 is 3.06 bits per heavy atom. The summed E-state index contributed by atoms with van der Waals surface area (Å²) >= 11 is 1.34. The van der Waals surface area contributed by atoms with Gasteiger partial charge in [0.2, 0.25) is 0 Å². The minimum atomic E-state index is -0.406. The van der Waals surface area contributed by atoms with Gasteiger partial charge in [0.05, 0.1) is 22.5 Å². The monoisotopic (exact) mass is 240 g/mol. The first-order chi connectivity index (χ1) is 7.70. The van der Waals surface area contributed by atoms with Crippen LogP contribution in [0.4, 0.5) is 10.1 Å². The normalized spacial score (nSPS) is 10.9. The Bertz CT molecular complexity index is 459. The molecule has 0 saturated carbocycles. The summed E-state index contributed by atoms with van der Waals surface area (Å²) in [6.45, 7) is 2.74. The predicted molar refractivity (Wildman–Crippen MR) is 64.4 cm³/mol. The lowest BCUT2D eigenvalue weighted by Gasteiger charge is -1.98. The van der Waals surface area contributed by atoms with E-state index in [1.54, 1.807) is 0 Å². The number of benzene rings is 1. The quantitative estimate of drug-likeness (QED) is 0.659. The summed E-state index contributed by atoms with van der Waals surface area (Å²) in [6.07, 6.45) is 2.07. The van der Waals surface area contributed by atoms with Gasteiger partial charge in [-0.2, -0.15) is 0 Å². The van der Waals surface area contributed by atoms with E-state index in [1.165, 1.54) is 23.5 Å². The van der Waals surface area contributed by atoms with Crippen molar-refractivity contribution in [2.45, 2.75) is 19.8 Å². The molecule has 1 heterocycles. The summed E-state index contributed by atoms with van der Waals surface area (Å²) in [5.41, 5.74) is 6.28. The van der Waals surface area contributed by atoms with Gasteiger partial charge in [0, 0.05) is 0 Å². The number of hydrogen-bond donors (Lipinski definition) is 1. The zero-order chi connectivity index (χ0) is 11.5. The van der Waals surface area contributed by atoms with Gasteiger partial charge in [-0.3, -0.25) is 0 Å². The van der Waals surface area contributed by atoms with E-state index in [1.807, 2.05) is 0 Å². The highest BCUT2D eigenvalue weighted by Gasteiger charge is 2.08. The number of anilines is 1. The number of thiazole rings is 1. The first-order valence-corrected chi connectivity index (χ1v) is 6.00. The molecule has 0 radical (unpaired) electrons. The van der Waals surface area contributed by atoms with Crippen LogP contribution in [0.3, 0.4) is 0 Å². The van der Waals surface area contributed by atoms with E-state index in [9.17, 15) is 4.39 Å². The smallest absolute Gasteiger partial charge is 0.274 e. The number of ether oxygens (including phenoxy) is 1. The molecule has 0 saturated heterocycles. The highest BCUT2D eigenvalue weighted by atomic mass is 32.1. The van der Waals surface area contributed by atoms with E-state index in [-0.39, 0.29) is 5.69 Å². The lowest BCUT2D eigenvalue weighted by Crippen LogP contribution is -1.95. The molecule has 0 atom stereocenters. The molecule has 0 unspecified atom stereocenters. The fraction of sp³-hybridized carbons (Fsp3) is 0.364. The van der Waals surface area contributed by atoms with Gasteiger partial charge in [0.15, 0.2) is 0 Å². The summed E-state index contributed by atoms with van der Waals surface area (Å²) in [4.78, 5) is 4.24. The van der Waals surface area contributed by atoms with Gasteiger partial charge in [-0.05, 0) is 18.6 Å². The zero-order valence-electron chi connectivity index (χ0n) is 9.00. The van der Waals surface area contributed by atoms with Crippen LogP contribution < -0.4 is 10.5 Å². The molecule has 2 rings (SSSR count). The second kappa shape index (κ2) is 4.65. The molecule has 1 aromatic carbocycles. The third-order valence-corrected chi connectivity index (χ3v) is 3.14. The van der Waals surface area contributed by atoms with Gasteiger partial charge in [-0.25, -0.2) is 9.37 Å². The summed E-state index contributed by atoms with van der Waals surface area (Å²) in [5, 5.41) is 0.577. The molecule has 86 valence electrons. The molecule has 0 aliphatic heterocycles. The maximum Gasteiger partial charge on any atom is 0.274 e. The average molecular weight is 240 g/mol. The van der Waals surface area contributed by atoms with Crippen LogP contribution in [0, 0.1) is 5.82 Å². The van der Waals surface area contributed by atoms with Crippen molar-refractivity contribution in [1.29, 1.82) is 0 Å². The second-order valence-corrected chi connectivity index (χ2v) is 4.52. The SMILES string of the molecule is CCCCOc1nc2cc(N)c(F)cc2s1. The molecule has 0 fully saturated rings. The van der Waals surface area contributed by atoms with Gasteiger partial charge in [-0.15, -0.1) is 0 Å². The molecule has 16 heavy (non-hydrogen) atoms. The Morgan fingerprint density at radius 2 is 2.31 bits per heavy atom. The summed E-state index contributed by atoms with van der Waals surface area (Å²) in [7, 11) is 0. The molecule has 3 nitrogen and oxygen atoms in total. The van der Waals surface area contributed by atoms with Gasteiger partial charge >= 0.3 is 0 Å². The fourth-order valence-electron chi connectivity index (χ4n) is 1.31. The van der Waals surface area contributed by atoms with E-state index in [2.05, 4.69) is 11.9 Å². The van der Waals surface area contributed by atoms with Crippen LogP contribution in [0.5, 0.6) is 5.19 Å². The molecule has 0 aliphatic rings. The average Bonchev–Trinajstić information content (AvgIpc) is 2.61. The van der Waals surface area contributed by atoms with Crippen molar-refractivity contribution >= 4 is 27.2 Å². The number of rotatable bonds is 4. The maximum absolute atomic E-state index is 13.2. The Kier molecular flexibility index (Phi) is 3.24. The van der Waals surface area contributed by atoms with Crippen molar-refractivity contribution < 1.29 is 9.13 Å². The van der Waals surface area contributed by atoms with Crippen molar-refractivity contribution in [3.05, 3.63) is 17.9 Å². The molecule has 1 aromatic heterocycles. The van der Waals surface area contributed by atoms with Gasteiger partial charge in [0.25, 0.3) is 5.19 Å². The molecule has 2 N–H and O–H groups in total. The lowest BCUT2D eigenvalue weighted by atomic mass is 10.3. The number of aromatic nitrogens is 1. The van der Waals surface area contributed by atoms with Crippen LogP contribution in [0.2, 0.25) is 0 Å². The van der Waals surface area contributed by atoms with E-state index < -0.39 is 5.82 Å². The Hall–Kier alpha value is -1.36. The van der Waals surface area contributed by atoms with Crippen LogP contribution in [0.1, 0.15) is 19.8 Å². The maximum atomic E-state index is 13.2. The first-order valence-electron chi connectivity index (χ1n) is 5.19. The number of nitrogens with zero attached hydrogens (tertiary/aromatic N) is 1. The van der Waals surface area contributed by atoms with Crippen LogP contribution in [-0.4, -0.2) is 11.6 Å². The topological polar surface area (TPSA) is 48.1 Å². The number of hydrogen-bond acceptors (Lipinski definition) is 4. The van der Waals surface area contributed by atoms with Crippen molar-refractivity contribution in [2.24, 2.45) is 0 Å². The summed E-state index contributed by atoms with van der Waals surface area (Å²) in [5.74, 6) is -0.406. The lowest BCUT2D eigenvalue weighted by molar-refractivity contribution is 0.308. The van der Waals surface area contributed by atoms with Crippen molar-refractivity contribution in [2.75, 3.05) is 12.3 Å². The molecule has 0 bridgehead atoms. The minimum absolute atomic E-state index is 0.123. The van der Waals surface area contributed by atoms with Crippen LogP contribution in [0.15, 0.2) is 12.1 Å². The third-order valence-electron chi connectivity index (χ3n) is 2.21. The van der Waals surface area contributed by atoms with Crippen molar-refractivity contribution in [3.8, 4) is 5.19 Å². The summed E-state index contributed by atoms with van der Waals surface area (Å²) in [6, 6.07) is 2.93. The van der Waals surface area contributed by atoms with E-state index in [0.29, 0.717) is 17.3 Å². The standard InChI is InChI=1S/C11H13FN2OS/c1-2-3-4-15-11-14-9-6-8(13)7(12)5-10(9)16-11/h5-6H,2-4,13H2,1H3. The van der Waals surface area contributed by atoms with E-state index in [0.717, 1.165) is 17.5 Å². The molecule has 5 heteroatoms. The van der Waals surface area contributed by atoms with Gasteiger partial charge < -0.3 is 10.5 Å². The van der Waals surface area contributed by atoms with Crippen LogP contribution in [-0.2, 0) is 0 Å². The molecular weight excluding hydrogens is 227 g/mol.